The molecule has 1 aliphatic heterocycles. The summed E-state index contributed by atoms with van der Waals surface area (Å²) in [5.41, 5.74) is 3.22. The van der Waals surface area contributed by atoms with Crippen molar-refractivity contribution in [3.8, 4) is 0 Å². The molecule has 0 bridgehead atoms. The molecule has 0 saturated carbocycles. The maximum atomic E-state index is 11.8. The lowest BCUT2D eigenvalue weighted by molar-refractivity contribution is -0.00405. The van der Waals surface area contributed by atoms with E-state index in [9.17, 15) is 13.0 Å². The zero-order valence-corrected chi connectivity index (χ0v) is 21.7. The smallest absolute Gasteiger partial charge is 0.294 e. The number of furan rings is 1. The van der Waals surface area contributed by atoms with E-state index >= 15 is 0 Å². The number of halogens is 1. The largest absolute Gasteiger partial charge is 0.461 e. The Labute approximate surface area is 216 Å². The van der Waals surface area contributed by atoms with Crippen LogP contribution in [0.5, 0.6) is 0 Å². The van der Waals surface area contributed by atoms with Gasteiger partial charge in [-0.2, -0.15) is 8.42 Å². The highest BCUT2D eigenvalue weighted by Crippen LogP contribution is 2.34. The van der Waals surface area contributed by atoms with Gasteiger partial charge in [0, 0.05) is 23.3 Å². The van der Waals surface area contributed by atoms with Crippen molar-refractivity contribution in [2.45, 2.75) is 50.3 Å². The quantitative estimate of drug-likeness (QED) is 0.304. The van der Waals surface area contributed by atoms with Gasteiger partial charge in [0.25, 0.3) is 10.1 Å². The van der Waals surface area contributed by atoms with Gasteiger partial charge in [-0.15, -0.1) is 0 Å². The SMILES string of the molecule is Cc1ccc(S(=O)(=O)O)c(C2CCNC(OCc3ccc(Cl)c4cc(C)oc34)C2)c1.c1ccncc1. The van der Waals surface area contributed by atoms with E-state index in [0.717, 1.165) is 34.3 Å². The lowest BCUT2D eigenvalue weighted by Gasteiger charge is -2.31. The maximum absolute atomic E-state index is 11.8. The van der Waals surface area contributed by atoms with Gasteiger partial charge >= 0.3 is 0 Å². The predicted molar refractivity (Wildman–Crippen MR) is 140 cm³/mol. The summed E-state index contributed by atoms with van der Waals surface area (Å²) in [5, 5.41) is 4.84. The van der Waals surface area contributed by atoms with Crippen LogP contribution >= 0.6 is 11.6 Å². The molecule has 36 heavy (non-hydrogen) atoms. The Bertz CT molecular complexity index is 1400. The molecule has 2 atom stereocenters. The first kappa shape index (κ1) is 26.3. The van der Waals surface area contributed by atoms with Crippen molar-refractivity contribution in [3.63, 3.8) is 0 Å². The minimum Gasteiger partial charge on any atom is -0.461 e. The number of hydrogen-bond acceptors (Lipinski definition) is 6. The van der Waals surface area contributed by atoms with Crippen LogP contribution in [0, 0.1) is 13.8 Å². The number of fused-ring (bicyclic) bond motifs is 1. The first-order chi connectivity index (χ1) is 17.2. The highest BCUT2D eigenvalue weighted by atomic mass is 35.5. The number of nitrogens with zero attached hydrogens (tertiary/aromatic N) is 1. The normalized spacial score (nSPS) is 18.0. The van der Waals surface area contributed by atoms with E-state index in [0.29, 0.717) is 30.2 Å². The topological polar surface area (TPSA) is 102 Å². The van der Waals surface area contributed by atoms with Crippen molar-refractivity contribution < 1.29 is 22.1 Å². The highest BCUT2D eigenvalue weighted by Gasteiger charge is 2.28. The van der Waals surface area contributed by atoms with Gasteiger partial charge in [0.15, 0.2) is 0 Å². The zero-order valence-electron chi connectivity index (χ0n) is 20.1. The van der Waals surface area contributed by atoms with Gasteiger partial charge in [0.05, 0.1) is 16.5 Å². The van der Waals surface area contributed by atoms with Crippen molar-refractivity contribution >= 4 is 32.7 Å². The van der Waals surface area contributed by atoms with Crippen LogP contribution in [0.2, 0.25) is 5.02 Å². The van der Waals surface area contributed by atoms with Crippen LogP contribution in [0.4, 0.5) is 0 Å². The molecule has 1 fully saturated rings. The number of piperidine rings is 1. The number of hydrogen-bond donors (Lipinski definition) is 2. The fourth-order valence-electron chi connectivity index (χ4n) is 4.40. The molecule has 190 valence electrons. The molecule has 3 heterocycles. The molecule has 1 saturated heterocycles. The Balaban J connectivity index is 0.000000445. The van der Waals surface area contributed by atoms with E-state index in [1.54, 1.807) is 18.5 Å². The van der Waals surface area contributed by atoms with Crippen LogP contribution in [0.1, 0.15) is 41.2 Å². The molecule has 4 aromatic rings. The molecular weight excluding hydrogens is 500 g/mol. The van der Waals surface area contributed by atoms with E-state index in [1.165, 1.54) is 6.07 Å². The minimum absolute atomic E-state index is 0.0239. The van der Waals surface area contributed by atoms with Crippen LogP contribution in [0.15, 0.2) is 76.3 Å². The molecule has 5 rings (SSSR count). The molecule has 9 heteroatoms. The van der Waals surface area contributed by atoms with Gasteiger partial charge in [-0.05, 0) is 75.0 Å². The van der Waals surface area contributed by atoms with Crippen LogP contribution < -0.4 is 5.32 Å². The molecule has 2 unspecified atom stereocenters. The highest BCUT2D eigenvalue weighted by molar-refractivity contribution is 7.85. The number of aromatic nitrogens is 1. The Morgan fingerprint density at radius 3 is 2.58 bits per heavy atom. The second-order valence-electron chi connectivity index (χ2n) is 8.82. The molecule has 0 amide bonds. The molecule has 2 N–H and O–H groups in total. The van der Waals surface area contributed by atoms with Crippen LogP contribution in [-0.4, -0.2) is 30.7 Å². The number of benzene rings is 2. The Kier molecular flexibility index (Phi) is 8.43. The number of aryl methyl sites for hydroxylation is 2. The van der Waals surface area contributed by atoms with Crippen molar-refractivity contribution in [2.75, 3.05) is 6.54 Å². The lowest BCUT2D eigenvalue weighted by atomic mass is 9.88. The Hall–Kier alpha value is -2.75. The summed E-state index contributed by atoms with van der Waals surface area (Å²) in [6.07, 6.45) is 4.61. The predicted octanol–water partition coefficient (Wildman–Crippen LogP) is 6.04. The third-order valence-electron chi connectivity index (χ3n) is 6.09. The Morgan fingerprint density at radius 2 is 1.92 bits per heavy atom. The van der Waals surface area contributed by atoms with Gasteiger partial charge in [0.2, 0.25) is 0 Å². The van der Waals surface area contributed by atoms with E-state index < -0.39 is 10.1 Å². The first-order valence-corrected chi connectivity index (χ1v) is 13.5. The summed E-state index contributed by atoms with van der Waals surface area (Å²) in [6.45, 7) is 4.81. The second kappa shape index (κ2) is 11.5. The van der Waals surface area contributed by atoms with Gasteiger partial charge in [0.1, 0.15) is 17.6 Å². The average Bonchev–Trinajstić information content (AvgIpc) is 3.27. The van der Waals surface area contributed by atoms with Crippen molar-refractivity contribution in [2.24, 2.45) is 0 Å². The number of ether oxygens (including phenoxy) is 1. The number of rotatable bonds is 5. The van der Waals surface area contributed by atoms with E-state index in [2.05, 4.69) is 10.3 Å². The number of nitrogens with one attached hydrogen (secondary N) is 1. The summed E-state index contributed by atoms with van der Waals surface area (Å²) in [5.74, 6) is 0.747. The fourth-order valence-corrected chi connectivity index (χ4v) is 5.36. The molecule has 2 aromatic carbocycles. The third-order valence-corrected chi connectivity index (χ3v) is 7.35. The summed E-state index contributed by atoms with van der Waals surface area (Å²) < 4.78 is 45.2. The molecule has 0 aliphatic carbocycles. The van der Waals surface area contributed by atoms with Crippen LogP contribution in [0.25, 0.3) is 11.0 Å². The first-order valence-electron chi connectivity index (χ1n) is 11.7. The average molecular weight is 529 g/mol. The summed E-state index contributed by atoms with van der Waals surface area (Å²) >= 11 is 6.26. The molecule has 1 aliphatic rings. The molecule has 2 aromatic heterocycles. The van der Waals surface area contributed by atoms with E-state index in [4.69, 9.17) is 20.8 Å². The second-order valence-corrected chi connectivity index (χ2v) is 10.6. The van der Waals surface area contributed by atoms with Crippen LogP contribution in [-0.2, 0) is 21.5 Å². The summed E-state index contributed by atoms with van der Waals surface area (Å²) in [6, 6.07) is 16.4. The minimum atomic E-state index is -4.28. The lowest BCUT2D eigenvalue weighted by Crippen LogP contribution is -2.39. The third kappa shape index (κ3) is 6.52. The molecule has 7 nitrogen and oxygen atoms in total. The van der Waals surface area contributed by atoms with Crippen LogP contribution in [0.3, 0.4) is 0 Å². The molecule has 0 spiro atoms. The van der Waals surface area contributed by atoms with Gasteiger partial charge in [-0.1, -0.05) is 41.4 Å². The molecular formula is C27H29ClN2O5S. The summed E-state index contributed by atoms with van der Waals surface area (Å²) in [4.78, 5) is 3.76. The number of pyridine rings is 1. The van der Waals surface area contributed by atoms with Gasteiger partial charge < -0.3 is 9.15 Å². The van der Waals surface area contributed by atoms with Crippen molar-refractivity contribution in [3.05, 3.63) is 94.5 Å². The molecule has 0 radical (unpaired) electrons. The van der Waals surface area contributed by atoms with Gasteiger partial charge in [-0.25, -0.2) is 0 Å². The van der Waals surface area contributed by atoms with E-state index in [-0.39, 0.29) is 17.0 Å². The standard InChI is InChI=1S/C22H24ClNO5S.C5H5N/c1-13-3-6-20(30(25,26)27)17(9-13)15-7-8-24-21(11-15)28-12-16-4-5-19(23)18-10-14(2)29-22(16)18;1-2-4-6-5-3-1/h3-6,9-10,15,21,24H,7-8,11-12H2,1-2H3,(H,25,26,27);1-5H. The van der Waals surface area contributed by atoms with Gasteiger partial charge in [-0.3, -0.25) is 14.9 Å². The zero-order chi connectivity index (χ0) is 25.7. The Morgan fingerprint density at radius 1 is 1.14 bits per heavy atom. The van der Waals surface area contributed by atoms with E-state index in [1.807, 2.05) is 56.3 Å². The summed E-state index contributed by atoms with van der Waals surface area (Å²) in [7, 11) is -4.28. The van der Waals surface area contributed by atoms with Crippen molar-refractivity contribution in [1.82, 2.24) is 10.3 Å². The van der Waals surface area contributed by atoms with Crippen molar-refractivity contribution in [1.29, 1.82) is 0 Å². The maximum Gasteiger partial charge on any atom is 0.294 e. The monoisotopic (exact) mass is 528 g/mol. The fraction of sp³-hybridized carbons (Fsp3) is 0.296.